The van der Waals surface area contributed by atoms with Crippen molar-refractivity contribution >= 4 is 22.5 Å². The summed E-state index contributed by atoms with van der Waals surface area (Å²) in [5.74, 6) is 1.70. The first-order chi connectivity index (χ1) is 14.9. The van der Waals surface area contributed by atoms with E-state index in [-0.39, 0.29) is 0 Å². The van der Waals surface area contributed by atoms with Crippen molar-refractivity contribution in [2.24, 2.45) is 0 Å². The van der Waals surface area contributed by atoms with Gasteiger partial charge < -0.3 is 0 Å². The van der Waals surface area contributed by atoms with Gasteiger partial charge in [-0.15, -0.1) is 10.2 Å². The van der Waals surface area contributed by atoms with E-state index >= 15 is 0 Å². The smallest absolute Gasteiger partial charge is 0.192 e. The van der Waals surface area contributed by atoms with Gasteiger partial charge in [-0.25, -0.2) is 0 Å². The number of rotatable bonds is 6. The zero-order valence-electron chi connectivity index (χ0n) is 16.3. The van der Waals surface area contributed by atoms with Gasteiger partial charge in [0.05, 0.1) is 6.54 Å². The Morgan fingerprint density at radius 1 is 0.733 bits per heavy atom. The second-order valence-corrected chi connectivity index (χ2v) is 7.98. The van der Waals surface area contributed by atoms with E-state index in [9.17, 15) is 0 Å². The normalized spacial score (nSPS) is 11.1. The fourth-order valence-electron chi connectivity index (χ4n) is 3.58. The molecule has 5 rings (SSSR count). The largest absolute Gasteiger partial charge is 0.298 e. The van der Waals surface area contributed by atoms with Gasteiger partial charge in [0.1, 0.15) is 0 Å². The summed E-state index contributed by atoms with van der Waals surface area (Å²) in [6.07, 6.45) is 3.58. The van der Waals surface area contributed by atoms with E-state index in [0.717, 1.165) is 28.8 Å². The minimum Gasteiger partial charge on any atom is -0.298 e. The molecule has 0 saturated heterocycles. The Morgan fingerprint density at radius 3 is 2.37 bits per heavy atom. The molecule has 0 spiro atoms. The first-order valence-corrected chi connectivity index (χ1v) is 10.8. The summed E-state index contributed by atoms with van der Waals surface area (Å²) in [5, 5.41) is 12.5. The standard InChI is InChI=1S/C25H20N4S/c1-2-7-19(8-3-1)17-29-24(21-13-15-26-16-14-21)27-28-25(29)30-18-22-11-6-10-20-9-4-5-12-23(20)22/h1-16H,17-18H2. The highest BCUT2D eigenvalue weighted by Crippen LogP contribution is 2.29. The maximum Gasteiger partial charge on any atom is 0.192 e. The van der Waals surface area contributed by atoms with Crippen LogP contribution >= 0.6 is 11.8 Å². The molecular formula is C25H20N4S. The van der Waals surface area contributed by atoms with E-state index in [1.54, 1.807) is 24.2 Å². The molecular weight excluding hydrogens is 388 g/mol. The van der Waals surface area contributed by atoms with Crippen molar-refractivity contribution in [1.29, 1.82) is 0 Å². The lowest BCUT2D eigenvalue weighted by Gasteiger charge is -2.11. The Bertz CT molecular complexity index is 1260. The summed E-state index contributed by atoms with van der Waals surface area (Å²) in [5.41, 5.74) is 3.54. The number of thioether (sulfide) groups is 1. The molecule has 0 atom stereocenters. The fourth-order valence-corrected chi connectivity index (χ4v) is 4.52. The molecule has 0 aliphatic rings. The van der Waals surface area contributed by atoms with Gasteiger partial charge in [-0.1, -0.05) is 84.6 Å². The quantitative estimate of drug-likeness (QED) is 0.331. The van der Waals surface area contributed by atoms with Crippen molar-refractivity contribution in [3.8, 4) is 11.4 Å². The van der Waals surface area contributed by atoms with E-state index in [0.29, 0.717) is 0 Å². The molecule has 30 heavy (non-hydrogen) atoms. The van der Waals surface area contributed by atoms with Crippen LogP contribution in [0.5, 0.6) is 0 Å². The van der Waals surface area contributed by atoms with Crippen molar-refractivity contribution in [3.63, 3.8) is 0 Å². The molecule has 0 amide bonds. The molecule has 5 heteroatoms. The molecule has 0 N–H and O–H groups in total. The third kappa shape index (κ3) is 3.84. The van der Waals surface area contributed by atoms with E-state index in [2.05, 4.69) is 86.5 Å². The number of pyridine rings is 1. The molecule has 4 nitrogen and oxygen atoms in total. The second kappa shape index (κ2) is 8.51. The summed E-state index contributed by atoms with van der Waals surface area (Å²) in [7, 11) is 0. The third-order valence-electron chi connectivity index (χ3n) is 5.08. The lowest BCUT2D eigenvalue weighted by molar-refractivity contribution is 0.714. The summed E-state index contributed by atoms with van der Waals surface area (Å²) < 4.78 is 2.19. The van der Waals surface area contributed by atoms with Crippen LogP contribution in [0.25, 0.3) is 22.2 Å². The third-order valence-corrected chi connectivity index (χ3v) is 6.09. The number of hydrogen-bond donors (Lipinski definition) is 0. The number of benzene rings is 3. The number of fused-ring (bicyclic) bond motifs is 1. The van der Waals surface area contributed by atoms with Crippen LogP contribution < -0.4 is 0 Å². The Hall–Kier alpha value is -3.44. The molecule has 2 heterocycles. The van der Waals surface area contributed by atoms with Crippen molar-refractivity contribution < 1.29 is 0 Å². The van der Waals surface area contributed by atoms with Gasteiger partial charge in [-0.2, -0.15) is 0 Å². The molecule has 2 aromatic heterocycles. The van der Waals surface area contributed by atoms with Crippen molar-refractivity contribution in [3.05, 3.63) is 108 Å². The first kappa shape index (κ1) is 18.6. The average Bonchev–Trinajstić information content (AvgIpc) is 3.21. The number of hydrogen-bond acceptors (Lipinski definition) is 4. The molecule has 0 saturated carbocycles. The predicted molar refractivity (Wildman–Crippen MR) is 122 cm³/mol. The maximum absolute atomic E-state index is 4.54. The monoisotopic (exact) mass is 408 g/mol. The molecule has 3 aromatic carbocycles. The van der Waals surface area contributed by atoms with E-state index in [4.69, 9.17) is 0 Å². The SMILES string of the molecule is c1ccc(Cn2c(SCc3cccc4ccccc34)nnc2-c2ccncc2)cc1. The average molecular weight is 409 g/mol. The second-order valence-electron chi connectivity index (χ2n) is 7.04. The van der Waals surface area contributed by atoms with E-state index in [1.165, 1.54) is 21.9 Å². The summed E-state index contributed by atoms with van der Waals surface area (Å²) in [4.78, 5) is 4.13. The Labute approximate surface area is 179 Å². The summed E-state index contributed by atoms with van der Waals surface area (Å²) in [6.45, 7) is 0.726. The van der Waals surface area contributed by atoms with Crippen molar-refractivity contribution in [2.45, 2.75) is 17.5 Å². The highest BCUT2D eigenvalue weighted by atomic mass is 32.2. The Balaban J connectivity index is 1.49. The van der Waals surface area contributed by atoms with Gasteiger partial charge in [-0.05, 0) is 34.0 Å². The number of nitrogens with zero attached hydrogens (tertiary/aromatic N) is 4. The molecule has 0 aliphatic carbocycles. The van der Waals surface area contributed by atoms with Crippen LogP contribution in [0.4, 0.5) is 0 Å². The van der Waals surface area contributed by atoms with Gasteiger partial charge in [0.25, 0.3) is 0 Å². The van der Waals surface area contributed by atoms with Crippen LogP contribution in [-0.2, 0) is 12.3 Å². The molecule has 0 radical (unpaired) electrons. The van der Waals surface area contributed by atoms with Crippen molar-refractivity contribution in [1.82, 2.24) is 19.7 Å². The van der Waals surface area contributed by atoms with Crippen LogP contribution in [0.15, 0.2) is 102 Å². The van der Waals surface area contributed by atoms with Crippen molar-refractivity contribution in [2.75, 3.05) is 0 Å². The highest BCUT2D eigenvalue weighted by Gasteiger charge is 2.15. The molecule has 0 unspecified atom stereocenters. The van der Waals surface area contributed by atoms with Crippen LogP contribution in [0.2, 0.25) is 0 Å². The maximum atomic E-state index is 4.54. The van der Waals surface area contributed by atoms with E-state index in [1.807, 2.05) is 18.2 Å². The van der Waals surface area contributed by atoms with Crippen LogP contribution in [0.1, 0.15) is 11.1 Å². The van der Waals surface area contributed by atoms with Gasteiger partial charge >= 0.3 is 0 Å². The number of aromatic nitrogens is 4. The fraction of sp³-hybridized carbons (Fsp3) is 0.0800. The zero-order valence-corrected chi connectivity index (χ0v) is 17.2. The Kier molecular flexibility index (Phi) is 5.27. The topological polar surface area (TPSA) is 43.6 Å². The first-order valence-electron chi connectivity index (χ1n) is 9.85. The lowest BCUT2D eigenvalue weighted by atomic mass is 10.1. The van der Waals surface area contributed by atoms with Gasteiger partial charge in [0, 0.05) is 23.7 Å². The van der Waals surface area contributed by atoms with Crippen LogP contribution in [0, 0.1) is 0 Å². The minimum absolute atomic E-state index is 0.726. The van der Waals surface area contributed by atoms with Gasteiger partial charge in [0.15, 0.2) is 11.0 Å². The molecule has 146 valence electrons. The van der Waals surface area contributed by atoms with Gasteiger partial charge in [0.2, 0.25) is 0 Å². The summed E-state index contributed by atoms with van der Waals surface area (Å²) in [6, 6.07) is 29.4. The molecule has 0 aliphatic heterocycles. The van der Waals surface area contributed by atoms with E-state index < -0.39 is 0 Å². The summed E-state index contributed by atoms with van der Waals surface area (Å²) >= 11 is 1.72. The molecule has 0 bridgehead atoms. The van der Waals surface area contributed by atoms with Crippen LogP contribution in [0.3, 0.4) is 0 Å². The Morgan fingerprint density at radius 2 is 1.50 bits per heavy atom. The lowest BCUT2D eigenvalue weighted by Crippen LogP contribution is -2.04. The zero-order chi connectivity index (χ0) is 20.2. The molecule has 5 aromatic rings. The predicted octanol–water partition coefficient (Wildman–Crippen LogP) is 5.83. The van der Waals surface area contributed by atoms with Crippen LogP contribution in [-0.4, -0.2) is 19.7 Å². The highest BCUT2D eigenvalue weighted by molar-refractivity contribution is 7.98. The molecule has 0 fully saturated rings. The van der Waals surface area contributed by atoms with Gasteiger partial charge in [-0.3, -0.25) is 9.55 Å². The minimum atomic E-state index is 0.726.